The molecule has 0 atom stereocenters. The van der Waals surface area contributed by atoms with Crippen LogP contribution < -0.4 is 5.32 Å². The molecule has 1 aliphatic heterocycles. The molecule has 6 nitrogen and oxygen atoms in total. The third-order valence-electron chi connectivity index (χ3n) is 2.72. The van der Waals surface area contributed by atoms with Crippen molar-refractivity contribution in [1.29, 1.82) is 0 Å². The van der Waals surface area contributed by atoms with E-state index in [1.54, 1.807) is 4.90 Å². The van der Waals surface area contributed by atoms with Gasteiger partial charge in [-0.3, -0.25) is 0 Å². The van der Waals surface area contributed by atoms with Crippen LogP contribution in [0, 0.1) is 0 Å². The molecule has 0 spiro atoms. The highest BCUT2D eigenvalue weighted by Gasteiger charge is 2.16. The fraction of sp³-hybridized carbons (Fsp3) is 0.769. The average Bonchev–Trinajstić information content (AvgIpc) is 2.46. The van der Waals surface area contributed by atoms with Gasteiger partial charge in [-0.2, -0.15) is 0 Å². The van der Waals surface area contributed by atoms with Gasteiger partial charge in [0.1, 0.15) is 0 Å². The quantitative estimate of drug-likeness (QED) is 0.493. The van der Waals surface area contributed by atoms with Crippen LogP contribution in [0.4, 0.5) is 4.79 Å². The zero-order chi connectivity index (χ0) is 13.8. The molecule has 0 bridgehead atoms. The van der Waals surface area contributed by atoms with E-state index in [0.717, 1.165) is 39.0 Å². The van der Waals surface area contributed by atoms with Crippen molar-refractivity contribution in [1.82, 2.24) is 10.2 Å². The molecule has 1 heterocycles. The maximum atomic E-state index is 11.6. The number of amides is 1. The summed E-state index contributed by atoms with van der Waals surface area (Å²) in [6, 6.07) is 0. The molecule has 0 unspecified atom stereocenters. The summed E-state index contributed by atoms with van der Waals surface area (Å²) in [5.41, 5.74) is 0. The van der Waals surface area contributed by atoms with Crippen molar-refractivity contribution < 1.29 is 19.4 Å². The summed E-state index contributed by atoms with van der Waals surface area (Å²) in [5.74, 6) is 0. The number of rotatable bonds is 8. The molecule has 1 fully saturated rings. The number of hydrogen-bond donors (Lipinski definition) is 2. The Morgan fingerprint density at radius 2 is 1.84 bits per heavy atom. The molecule has 0 aliphatic carbocycles. The Morgan fingerprint density at radius 1 is 1.16 bits per heavy atom. The minimum Gasteiger partial charge on any atom is -0.449 e. The second-order valence-electron chi connectivity index (χ2n) is 4.24. The Labute approximate surface area is 114 Å². The number of carbonyl (C=O) groups is 1. The van der Waals surface area contributed by atoms with Crippen LogP contribution in [0.3, 0.4) is 0 Å². The highest BCUT2D eigenvalue weighted by atomic mass is 16.6. The molecular formula is C13H24N2O4. The van der Waals surface area contributed by atoms with Gasteiger partial charge in [-0.05, 0) is 12.8 Å². The van der Waals surface area contributed by atoms with Crippen LogP contribution in [0.25, 0.3) is 0 Å². The predicted molar refractivity (Wildman–Crippen MR) is 72.1 cm³/mol. The zero-order valence-corrected chi connectivity index (χ0v) is 11.3. The van der Waals surface area contributed by atoms with Crippen LogP contribution in [0.1, 0.15) is 12.8 Å². The Hall–Kier alpha value is -1.11. The highest BCUT2D eigenvalue weighted by Crippen LogP contribution is 1.98. The number of hydrogen-bond acceptors (Lipinski definition) is 5. The fourth-order valence-corrected chi connectivity index (χ4v) is 1.71. The van der Waals surface area contributed by atoms with Crippen LogP contribution in [-0.2, 0) is 9.47 Å². The largest absolute Gasteiger partial charge is 0.449 e. The Bertz CT molecular complexity index is 265. The summed E-state index contributed by atoms with van der Waals surface area (Å²) in [5, 5.41) is 11.7. The normalized spacial score (nSPS) is 15.9. The van der Waals surface area contributed by atoms with Gasteiger partial charge in [0.25, 0.3) is 0 Å². The molecule has 1 saturated heterocycles. The van der Waals surface area contributed by atoms with Crippen LogP contribution in [-0.4, -0.2) is 68.7 Å². The SMILES string of the molecule is O=C(OCC/C=C\CCOCCO)N1CCNCC1. The maximum Gasteiger partial charge on any atom is 0.409 e. The molecule has 0 aromatic rings. The Morgan fingerprint density at radius 3 is 2.53 bits per heavy atom. The van der Waals surface area contributed by atoms with Crippen molar-refractivity contribution >= 4 is 6.09 Å². The number of ether oxygens (including phenoxy) is 2. The topological polar surface area (TPSA) is 71.0 Å². The lowest BCUT2D eigenvalue weighted by atomic mass is 10.3. The van der Waals surface area contributed by atoms with Crippen LogP contribution in [0.5, 0.6) is 0 Å². The molecule has 0 saturated carbocycles. The van der Waals surface area contributed by atoms with E-state index in [1.165, 1.54) is 0 Å². The average molecular weight is 272 g/mol. The van der Waals surface area contributed by atoms with E-state index in [4.69, 9.17) is 14.6 Å². The standard InChI is InChI=1S/C13H24N2O4/c16-9-12-18-10-3-1-2-4-11-19-13(17)15-7-5-14-6-8-15/h1-2,14,16H,3-12H2/b2-1-. The summed E-state index contributed by atoms with van der Waals surface area (Å²) in [7, 11) is 0. The lowest BCUT2D eigenvalue weighted by molar-refractivity contribution is 0.0952. The zero-order valence-electron chi connectivity index (χ0n) is 11.3. The molecule has 1 aliphatic rings. The number of nitrogens with one attached hydrogen (secondary N) is 1. The maximum absolute atomic E-state index is 11.6. The molecule has 2 N–H and O–H groups in total. The van der Waals surface area contributed by atoms with Crippen molar-refractivity contribution in [2.45, 2.75) is 12.8 Å². The van der Waals surface area contributed by atoms with Gasteiger partial charge >= 0.3 is 6.09 Å². The number of aliphatic hydroxyl groups excluding tert-OH is 1. The van der Waals surface area contributed by atoms with Crippen molar-refractivity contribution in [2.75, 3.05) is 52.6 Å². The van der Waals surface area contributed by atoms with Gasteiger partial charge in [0, 0.05) is 26.2 Å². The van der Waals surface area contributed by atoms with Gasteiger partial charge in [-0.15, -0.1) is 0 Å². The van der Waals surface area contributed by atoms with E-state index in [-0.39, 0.29) is 12.7 Å². The minimum atomic E-state index is -0.221. The van der Waals surface area contributed by atoms with E-state index >= 15 is 0 Å². The van der Waals surface area contributed by atoms with Gasteiger partial charge in [0.2, 0.25) is 0 Å². The third-order valence-corrected chi connectivity index (χ3v) is 2.72. The van der Waals surface area contributed by atoms with Crippen LogP contribution >= 0.6 is 0 Å². The third kappa shape index (κ3) is 7.81. The second-order valence-corrected chi connectivity index (χ2v) is 4.24. The molecule has 110 valence electrons. The van der Waals surface area contributed by atoms with E-state index in [2.05, 4.69) is 5.32 Å². The van der Waals surface area contributed by atoms with Gasteiger partial charge in [-0.25, -0.2) is 4.79 Å². The first-order valence-corrected chi connectivity index (χ1v) is 6.80. The first kappa shape index (κ1) is 15.9. The fourth-order valence-electron chi connectivity index (χ4n) is 1.71. The summed E-state index contributed by atoms with van der Waals surface area (Å²) < 4.78 is 10.3. The van der Waals surface area contributed by atoms with Crippen molar-refractivity contribution in [3.63, 3.8) is 0 Å². The summed E-state index contributed by atoms with van der Waals surface area (Å²) in [6.45, 7) is 4.58. The summed E-state index contributed by atoms with van der Waals surface area (Å²) >= 11 is 0. The predicted octanol–water partition coefficient (Wildman–Crippen LogP) is 0.374. The van der Waals surface area contributed by atoms with Gasteiger partial charge in [-0.1, -0.05) is 12.2 Å². The molecule has 6 heteroatoms. The Balaban J connectivity index is 1.94. The van der Waals surface area contributed by atoms with Gasteiger partial charge in [0.15, 0.2) is 0 Å². The Kier molecular flexibility index (Phi) is 9.05. The van der Waals surface area contributed by atoms with Crippen molar-refractivity contribution in [2.24, 2.45) is 0 Å². The highest BCUT2D eigenvalue weighted by molar-refractivity contribution is 5.67. The van der Waals surface area contributed by atoms with E-state index in [9.17, 15) is 4.79 Å². The number of nitrogens with zero attached hydrogens (tertiary/aromatic N) is 1. The first-order chi connectivity index (χ1) is 9.34. The minimum absolute atomic E-state index is 0.0612. The van der Waals surface area contributed by atoms with Gasteiger partial charge < -0.3 is 24.8 Å². The van der Waals surface area contributed by atoms with Crippen LogP contribution in [0.2, 0.25) is 0 Å². The number of carbonyl (C=O) groups excluding carboxylic acids is 1. The monoisotopic (exact) mass is 272 g/mol. The number of aliphatic hydroxyl groups is 1. The molecule has 1 amide bonds. The molecule has 1 rings (SSSR count). The lowest BCUT2D eigenvalue weighted by Gasteiger charge is -2.26. The summed E-state index contributed by atoms with van der Waals surface area (Å²) in [4.78, 5) is 13.3. The first-order valence-electron chi connectivity index (χ1n) is 6.80. The second kappa shape index (κ2) is 10.8. The van der Waals surface area contributed by atoms with Crippen molar-refractivity contribution in [3.8, 4) is 0 Å². The van der Waals surface area contributed by atoms with Crippen molar-refractivity contribution in [3.05, 3.63) is 12.2 Å². The van der Waals surface area contributed by atoms with Gasteiger partial charge in [0.05, 0.1) is 26.4 Å². The van der Waals surface area contributed by atoms with Crippen LogP contribution in [0.15, 0.2) is 12.2 Å². The smallest absolute Gasteiger partial charge is 0.409 e. The molecule has 0 aromatic carbocycles. The molecular weight excluding hydrogens is 248 g/mol. The summed E-state index contributed by atoms with van der Waals surface area (Å²) in [6.07, 6.45) is 5.29. The number of piperazine rings is 1. The molecule has 19 heavy (non-hydrogen) atoms. The van der Waals surface area contributed by atoms with E-state index in [0.29, 0.717) is 19.8 Å². The van der Waals surface area contributed by atoms with E-state index in [1.807, 2.05) is 12.2 Å². The molecule has 0 radical (unpaired) electrons. The van der Waals surface area contributed by atoms with E-state index < -0.39 is 0 Å². The molecule has 0 aromatic heterocycles. The lowest BCUT2D eigenvalue weighted by Crippen LogP contribution is -2.46.